The number of fused-ring (bicyclic) bond motifs is 1. The summed E-state index contributed by atoms with van der Waals surface area (Å²) in [7, 11) is 0. The number of aromatic carboxylic acids is 1. The van der Waals surface area contributed by atoms with Crippen molar-refractivity contribution in [1.29, 1.82) is 0 Å². The lowest BCUT2D eigenvalue weighted by molar-refractivity contribution is -0.255. The highest BCUT2D eigenvalue weighted by Crippen LogP contribution is 2.30. The molecule has 1 aliphatic heterocycles. The monoisotopic (exact) mass is 392 g/mol. The standard InChI is InChI=1S/C19H11N3O5S/c23-15(21-12-3-1-2-11(8-12)18(26)27)10-4-5-13-14(9-10)17(25)22(16(13)24)19-20-6-7-28-19/h1-9H,(H,21,23)(H,26,27)/p-1. The molecule has 9 heteroatoms. The number of hydrogen-bond acceptors (Lipinski definition) is 7. The molecule has 1 N–H and O–H groups in total. The first-order valence-electron chi connectivity index (χ1n) is 8.01. The minimum Gasteiger partial charge on any atom is -0.545 e. The van der Waals surface area contributed by atoms with Crippen molar-refractivity contribution in [3.8, 4) is 0 Å². The quantitative estimate of drug-likeness (QED) is 0.673. The van der Waals surface area contributed by atoms with Gasteiger partial charge in [0.05, 0.1) is 17.1 Å². The molecule has 4 rings (SSSR count). The van der Waals surface area contributed by atoms with E-state index in [0.717, 1.165) is 16.2 Å². The lowest BCUT2D eigenvalue weighted by atomic mass is 10.1. The second-order valence-corrected chi connectivity index (χ2v) is 6.72. The van der Waals surface area contributed by atoms with Gasteiger partial charge in [-0.1, -0.05) is 12.1 Å². The Morgan fingerprint density at radius 2 is 1.79 bits per heavy atom. The predicted octanol–water partition coefficient (Wildman–Crippen LogP) is 1.56. The summed E-state index contributed by atoms with van der Waals surface area (Å²) in [6.45, 7) is 0. The summed E-state index contributed by atoms with van der Waals surface area (Å²) in [6.07, 6.45) is 1.49. The zero-order valence-electron chi connectivity index (χ0n) is 14.0. The van der Waals surface area contributed by atoms with Gasteiger partial charge in [0, 0.05) is 22.8 Å². The summed E-state index contributed by atoms with van der Waals surface area (Å²) in [5, 5.41) is 15.4. The van der Waals surface area contributed by atoms with Crippen LogP contribution >= 0.6 is 11.3 Å². The van der Waals surface area contributed by atoms with E-state index in [1.807, 2.05) is 0 Å². The topological polar surface area (TPSA) is 119 Å². The van der Waals surface area contributed by atoms with E-state index in [1.165, 1.54) is 48.7 Å². The van der Waals surface area contributed by atoms with Crippen LogP contribution in [0, 0.1) is 0 Å². The number of imide groups is 1. The molecule has 2 aromatic carbocycles. The molecular weight excluding hydrogens is 382 g/mol. The van der Waals surface area contributed by atoms with Crippen LogP contribution in [-0.4, -0.2) is 28.7 Å². The highest BCUT2D eigenvalue weighted by molar-refractivity contribution is 7.14. The summed E-state index contributed by atoms with van der Waals surface area (Å²) in [5.74, 6) is -2.96. The Bertz CT molecular complexity index is 1140. The molecule has 0 radical (unpaired) electrons. The lowest BCUT2D eigenvalue weighted by Gasteiger charge is -2.09. The summed E-state index contributed by atoms with van der Waals surface area (Å²) < 4.78 is 0. The molecule has 0 spiro atoms. The summed E-state index contributed by atoms with van der Waals surface area (Å²) >= 11 is 1.16. The molecule has 3 amide bonds. The third-order valence-electron chi connectivity index (χ3n) is 4.12. The number of thiazole rings is 1. The molecule has 0 saturated heterocycles. The van der Waals surface area contributed by atoms with Gasteiger partial charge in [-0.15, -0.1) is 11.3 Å². The smallest absolute Gasteiger partial charge is 0.268 e. The summed E-state index contributed by atoms with van der Waals surface area (Å²) in [4.78, 5) is 53.5. The number of benzene rings is 2. The average molecular weight is 392 g/mol. The molecule has 0 unspecified atom stereocenters. The lowest BCUT2D eigenvalue weighted by Crippen LogP contribution is -2.29. The first-order chi connectivity index (χ1) is 13.5. The van der Waals surface area contributed by atoms with Crippen LogP contribution in [0.15, 0.2) is 54.0 Å². The molecule has 2 heterocycles. The van der Waals surface area contributed by atoms with Crippen molar-refractivity contribution in [1.82, 2.24) is 4.98 Å². The van der Waals surface area contributed by atoms with E-state index in [9.17, 15) is 24.3 Å². The Balaban J connectivity index is 1.61. The Hall–Kier alpha value is -3.85. The van der Waals surface area contributed by atoms with E-state index < -0.39 is 23.7 Å². The fraction of sp³-hybridized carbons (Fsp3) is 0. The van der Waals surface area contributed by atoms with Crippen molar-refractivity contribution < 1.29 is 24.3 Å². The van der Waals surface area contributed by atoms with Crippen molar-refractivity contribution in [2.24, 2.45) is 0 Å². The van der Waals surface area contributed by atoms with Crippen LogP contribution in [-0.2, 0) is 0 Å². The molecule has 1 aliphatic rings. The average Bonchev–Trinajstić information content (AvgIpc) is 3.29. The normalized spacial score (nSPS) is 12.8. The van der Waals surface area contributed by atoms with Crippen LogP contribution in [0.5, 0.6) is 0 Å². The zero-order chi connectivity index (χ0) is 19.8. The number of nitrogens with one attached hydrogen (secondary N) is 1. The number of hydrogen-bond donors (Lipinski definition) is 1. The Kier molecular flexibility index (Phi) is 4.21. The number of carbonyl (C=O) groups excluding carboxylic acids is 4. The van der Waals surface area contributed by atoms with E-state index in [2.05, 4.69) is 10.3 Å². The van der Waals surface area contributed by atoms with E-state index in [4.69, 9.17) is 0 Å². The molecule has 0 aliphatic carbocycles. The number of carboxylic acids is 1. The Morgan fingerprint density at radius 3 is 2.50 bits per heavy atom. The third-order valence-corrected chi connectivity index (χ3v) is 4.87. The van der Waals surface area contributed by atoms with Crippen LogP contribution in [0.25, 0.3) is 0 Å². The van der Waals surface area contributed by atoms with Crippen molar-refractivity contribution >= 4 is 45.8 Å². The van der Waals surface area contributed by atoms with Crippen molar-refractivity contribution in [2.75, 3.05) is 10.2 Å². The fourth-order valence-electron chi connectivity index (χ4n) is 2.81. The number of amides is 3. The highest BCUT2D eigenvalue weighted by atomic mass is 32.1. The van der Waals surface area contributed by atoms with Crippen LogP contribution in [0.4, 0.5) is 10.8 Å². The number of carbonyl (C=O) groups is 4. The molecular formula is C19H10N3O5S-. The van der Waals surface area contributed by atoms with E-state index in [1.54, 1.807) is 5.38 Å². The van der Waals surface area contributed by atoms with Crippen molar-refractivity contribution in [3.05, 3.63) is 76.3 Å². The molecule has 0 bridgehead atoms. The molecule has 8 nitrogen and oxygen atoms in total. The van der Waals surface area contributed by atoms with E-state index in [0.29, 0.717) is 0 Å². The number of aromatic nitrogens is 1. The maximum Gasteiger partial charge on any atom is 0.268 e. The van der Waals surface area contributed by atoms with Crippen molar-refractivity contribution in [3.63, 3.8) is 0 Å². The highest BCUT2D eigenvalue weighted by Gasteiger charge is 2.38. The number of anilines is 2. The number of rotatable bonds is 4. The largest absolute Gasteiger partial charge is 0.545 e. The summed E-state index contributed by atoms with van der Waals surface area (Å²) in [6, 6.07) is 9.77. The number of nitrogens with zero attached hydrogens (tertiary/aromatic N) is 2. The third kappa shape index (κ3) is 2.93. The minimum absolute atomic E-state index is 0.0772. The first kappa shape index (κ1) is 17.6. The molecule has 3 aromatic rings. The predicted molar refractivity (Wildman–Crippen MR) is 98.4 cm³/mol. The summed E-state index contributed by atoms with van der Waals surface area (Å²) in [5.41, 5.74) is 0.636. The second-order valence-electron chi connectivity index (χ2n) is 5.84. The van der Waals surface area contributed by atoms with Gasteiger partial charge in [-0.2, -0.15) is 0 Å². The molecule has 1 aromatic heterocycles. The van der Waals surface area contributed by atoms with Gasteiger partial charge < -0.3 is 15.2 Å². The Labute approximate surface area is 162 Å². The van der Waals surface area contributed by atoms with Crippen LogP contribution in [0.3, 0.4) is 0 Å². The zero-order valence-corrected chi connectivity index (χ0v) is 14.9. The van der Waals surface area contributed by atoms with Gasteiger partial charge in [0.2, 0.25) is 0 Å². The maximum absolute atomic E-state index is 12.6. The van der Waals surface area contributed by atoms with Gasteiger partial charge in [0.25, 0.3) is 17.7 Å². The molecule has 28 heavy (non-hydrogen) atoms. The first-order valence-corrected chi connectivity index (χ1v) is 8.89. The van der Waals surface area contributed by atoms with Gasteiger partial charge >= 0.3 is 0 Å². The van der Waals surface area contributed by atoms with Gasteiger partial charge in [-0.3, -0.25) is 14.4 Å². The van der Waals surface area contributed by atoms with E-state index >= 15 is 0 Å². The van der Waals surface area contributed by atoms with Gasteiger partial charge in [-0.25, -0.2) is 9.88 Å². The van der Waals surface area contributed by atoms with Crippen LogP contribution in [0.1, 0.15) is 41.4 Å². The molecule has 138 valence electrons. The SMILES string of the molecule is O=C([O-])c1cccc(NC(=O)c2ccc3c(c2)C(=O)N(c2nccs2)C3=O)c1. The van der Waals surface area contributed by atoms with Gasteiger partial charge in [0.1, 0.15) is 0 Å². The maximum atomic E-state index is 12.6. The fourth-order valence-corrected chi connectivity index (χ4v) is 3.45. The van der Waals surface area contributed by atoms with Gasteiger partial charge in [-0.05, 0) is 35.9 Å². The molecule has 0 fully saturated rings. The number of carboxylic acid groups (broad SMARTS) is 1. The minimum atomic E-state index is -1.36. The molecule has 0 saturated carbocycles. The Morgan fingerprint density at radius 1 is 1.00 bits per heavy atom. The van der Waals surface area contributed by atoms with Crippen molar-refractivity contribution in [2.45, 2.75) is 0 Å². The molecule has 0 atom stereocenters. The van der Waals surface area contributed by atoms with E-state index in [-0.39, 0.29) is 33.1 Å². The second kappa shape index (κ2) is 6.71. The van der Waals surface area contributed by atoms with Crippen LogP contribution < -0.4 is 15.3 Å². The van der Waals surface area contributed by atoms with Gasteiger partial charge in [0.15, 0.2) is 5.13 Å². The van der Waals surface area contributed by atoms with Crippen LogP contribution in [0.2, 0.25) is 0 Å².